The van der Waals surface area contributed by atoms with Crippen LogP contribution in [0.2, 0.25) is 0 Å². The van der Waals surface area contributed by atoms with E-state index < -0.39 is 0 Å². The molecule has 0 aromatic rings. The van der Waals surface area contributed by atoms with Gasteiger partial charge in [-0.15, -0.1) is 0 Å². The van der Waals surface area contributed by atoms with Gasteiger partial charge in [0.2, 0.25) is 0 Å². The lowest BCUT2D eigenvalue weighted by Gasteiger charge is -2.02. The molecule has 1 aliphatic heterocycles. The van der Waals surface area contributed by atoms with Gasteiger partial charge in [0.05, 0.1) is 6.61 Å². The third-order valence-electron chi connectivity index (χ3n) is 0.508. The van der Waals surface area contributed by atoms with Crippen LogP contribution in [0.1, 0.15) is 0 Å². The molecule has 0 aromatic carbocycles. The van der Waals surface area contributed by atoms with Crippen molar-refractivity contribution in [3.63, 3.8) is 0 Å². The SMILES string of the molecule is [C]1C=CNOC1. The van der Waals surface area contributed by atoms with Gasteiger partial charge >= 0.3 is 0 Å². The molecule has 0 bridgehead atoms. The maximum absolute atomic E-state index is 4.62. The van der Waals surface area contributed by atoms with E-state index in [1.165, 1.54) is 0 Å². The van der Waals surface area contributed by atoms with Gasteiger partial charge < -0.3 is 0 Å². The molecule has 0 spiro atoms. The van der Waals surface area contributed by atoms with Gasteiger partial charge in [0.25, 0.3) is 0 Å². The summed E-state index contributed by atoms with van der Waals surface area (Å²) in [6.45, 7) is 0.552. The Morgan fingerprint density at radius 1 is 1.83 bits per heavy atom. The number of hydrogen-bond acceptors (Lipinski definition) is 2. The van der Waals surface area contributed by atoms with Crippen LogP contribution in [0, 0.1) is 6.42 Å². The largest absolute Gasteiger partial charge is 0.276 e. The van der Waals surface area contributed by atoms with Crippen LogP contribution < -0.4 is 5.48 Å². The molecule has 0 aliphatic carbocycles. The Morgan fingerprint density at radius 2 is 2.83 bits per heavy atom. The Bertz CT molecular complexity index is 52.6. The van der Waals surface area contributed by atoms with Crippen LogP contribution in [0.4, 0.5) is 0 Å². The van der Waals surface area contributed by atoms with Crippen molar-refractivity contribution in [2.45, 2.75) is 0 Å². The second-order valence-electron chi connectivity index (χ2n) is 0.944. The molecule has 1 N–H and O–H groups in total. The lowest BCUT2D eigenvalue weighted by molar-refractivity contribution is 0.0834. The summed E-state index contributed by atoms with van der Waals surface area (Å²) in [4.78, 5) is 4.62. The third-order valence-corrected chi connectivity index (χ3v) is 0.508. The number of nitrogens with one attached hydrogen (secondary N) is 1. The molecule has 0 saturated carbocycles. The van der Waals surface area contributed by atoms with E-state index in [1.54, 1.807) is 12.3 Å². The highest BCUT2D eigenvalue weighted by atomic mass is 16.6. The molecular weight excluding hydrogens is 78.0 g/mol. The van der Waals surface area contributed by atoms with E-state index in [0.29, 0.717) is 6.61 Å². The molecule has 32 valence electrons. The quantitative estimate of drug-likeness (QED) is 0.449. The first-order chi connectivity index (χ1) is 3.00. The van der Waals surface area contributed by atoms with Gasteiger partial charge in [0.15, 0.2) is 0 Å². The Labute approximate surface area is 36.8 Å². The van der Waals surface area contributed by atoms with Crippen molar-refractivity contribution in [3.8, 4) is 0 Å². The van der Waals surface area contributed by atoms with Crippen molar-refractivity contribution < 1.29 is 4.84 Å². The van der Waals surface area contributed by atoms with Gasteiger partial charge in [0.1, 0.15) is 0 Å². The molecule has 1 aliphatic rings. The molecule has 2 heteroatoms. The minimum absolute atomic E-state index is 0.552. The standard InChI is InChI=1S/C4H5NO/c1-2-4-6-5-3-1/h1,3,5H,4H2. The van der Waals surface area contributed by atoms with E-state index in [-0.39, 0.29) is 0 Å². The lowest BCUT2D eigenvalue weighted by atomic mass is 10.4. The number of hydroxylamine groups is 1. The predicted octanol–water partition coefficient (Wildman–Crippen LogP) is 0.116. The maximum Gasteiger partial charge on any atom is 0.0856 e. The smallest absolute Gasteiger partial charge is 0.0856 e. The van der Waals surface area contributed by atoms with E-state index in [1.807, 2.05) is 0 Å². The molecule has 2 nitrogen and oxygen atoms in total. The monoisotopic (exact) mass is 83.0 g/mol. The zero-order valence-corrected chi connectivity index (χ0v) is 3.27. The second-order valence-corrected chi connectivity index (χ2v) is 0.944. The predicted molar refractivity (Wildman–Crippen MR) is 21.5 cm³/mol. The molecule has 1 rings (SSSR count). The fourth-order valence-electron chi connectivity index (χ4n) is 0.273. The van der Waals surface area contributed by atoms with Crippen LogP contribution in [-0.4, -0.2) is 6.61 Å². The highest BCUT2D eigenvalue weighted by Gasteiger charge is 1.85. The molecule has 6 heavy (non-hydrogen) atoms. The van der Waals surface area contributed by atoms with Gasteiger partial charge in [-0.3, -0.25) is 10.3 Å². The maximum atomic E-state index is 4.62. The minimum Gasteiger partial charge on any atom is -0.276 e. The molecular formula is C4H5NO. The summed E-state index contributed by atoms with van der Waals surface area (Å²) in [6.07, 6.45) is 6.28. The zero-order valence-electron chi connectivity index (χ0n) is 3.27. The molecule has 0 atom stereocenters. The van der Waals surface area contributed by atoms with Gasteiger partial charge in [-0.1, -0.05) is 6.08 Å². The summed E-state index contributed by atoms with van der Waals surface area (Å²) in [6, 6.07) is 0. The van der Waals surface area contributed by atoms with Crippen LogP contribution in [0.3, 0.4) is 0 Å². The average molecular weight is 83.1 g/mol. The van der Waals surface area contributed by atoms with Crippen molar-refractivity contribution in [2.24, 2.45) is 0 Å². The summed E-state index contributed by atoms with van der Waals surface area (Å²) in [5.74, 6) is 0. The fraction of sp³-hybridized carbons (Fsp3) is 0.250. The Hall–Kier alpha value is -0.500. The van der Waals surface area contributed by atoms with Gasteiger partial charge in [-0.25, -0.2) is 0 Å². The van der Waals surface area contributed by atoms with Crippen LogP contribution in [0.5, 0.6) is 0 Å². The summed E-state index contributed by atoms with van der Waals surface area (Å²) in [5.41, 5.74) is 2.54. The van der Waals surface area contributed by atoms with Crippen LogP contribution in [0.15, 0.2) is 12.3 Å². The molecule has 1 heterocycles. The first kappa shape index (κ1) is 3.68. The number of hydrogen-bond donors (Lipinski definition) is 1. The molecule has 0 fully saturated rings. The summed E-state index contributed by atoms with van der Waals surface area (Å²) >= 11 is 0. The van der Waals surface area contributed by atoms with Crippen molar-refractivity contribution in [3.05, 3.63) is 18.7 Å². The fourth-order valence-corrected chi connectivity index (χ4v) is 0.273. The minimum atomic E-state index is 0.552. The number of rotatable bonds is 0. The van der Waals surface area contributed by atoms with Crippen molar-refractivity contribution in [1.29, 1.82) is 0 Å². The lowest BCUT2D eigenvalue weighted by Crippen LogP contribution is -2.11. The summed E-state index contributed by atoms with van der Waals surface area (Å²) in [7, 11) is 0. The van der Waals surface area contributed by atoms with E-state index >= 15 is 0 Å². The molecule has 0 saturated heterocycles. The van der Waals surface area contributed by atoms with Crippen molar-refractivity contribution in [2.75, 3.05) is 6.61 Å². The highest BCUT2D eigenvalue weighted by Crippen LogP contribution is 1.84. The Balaban J connectivity index is 2.26. The van der Waals surface area contributed by atoms with Gasteiger partial charge in [0, 0.05) is 12.6 Å². The second kappa shape index (κ2) is 1.82. The molecule has 2 radical (unpaired) electrons. The van der Waals surface area contributed by atoms with Crippen LogP contribution in [0.25, 0.3) is 0 Å². The third kappa shape index (κ3) is 0.723. The normalized spacial score (nSPS) is 20.0. The summed E-state index contributed by atoms with van der Waals surface area (Å²) in [5, 5.41) is 0. The zero-order chi connectivity index (χ0) is 4.24. The topological polar surface area (TPSA) is 21.3 Å². The molecule has 0 amide bonds. The van der Waals surface area contributed by atoms with Crippen LogP contribution >= 0.6 is 0 Å². The first-order valence-electron chi connectivity index (χ1n) is 1.76. The van der Waals surface area contributed by atoms with E-state index in [0.717, 1.165) is 0 Å². The van der Waals surface area contributed by atoms with Gasteiger partial charge in [-0.2, -0.15) is 0 Å². The Kier molecular flexibility index (Phi) is 1.12. The van der Waals surface area contributed by atoms with E-state index in [4.69, 9.17) is 0 Å². The van der Waals surface area contributed by atoms with Gasteiger partial charge in [-0.05, 0) is 0 Å². The average Bonchev–Trinajstić information content (AvgIpc) is 1.72. The molecule has 0 unspecified atom stereocenters. The Morgan fingerprint density at radius 3 is 3.00 bits per heavy atom. The first-order valence-corrected chi connectivity index (χ1v) is 1.76. The van der Waals surface area contributed by atoms with Crippen molar-refractivity contribution >= 4 is 0 Å². The van der Waals surface area contributed by atoms with Crippen molar-refractivity contribution in [1.82, 2.24) is 5.48 Å². The molecule has 0 aromatic heterocycles. The van der Waals surface area contributed by atoms with E-state index in [2.05, 4.69) is 16.7 Å². The highest BCUT2D eigenvalue weighted by molar-refractivity contribution is 4.94. The summed E-state index contributed by atoms with van der Waals surface area (Å²) < 4.78 is 0. The van der Waals surface area contributed by atoms with E-state index in [9.17, 15) is 0 Å². The van der Waals surface area contributed by atoms with Crippen LogP contribution in [-0.2, 0) is 4.84 Å².